The van der Waals surface area contributed by atoms with Crippen LogP contribution in [-0.4, -0.2) is 39.3 Å². The van der Waals surface area contributed by atoms with E-state index in [2.05, 4.69) is 14.6 Å². The predicted molar refractivity (Wildman–Crippen MR) is 82.4 cm³/mol. The number of hydrogen-bond acceptors (Lipinski definition) is 4. The van der Waals surface area contributed by atoms with Crippen LogP contribution in [0.15, 0.2) is 0 Å². The van der Waals surface area contributed by atoms with E-state index in [-0.39, 0.29) is 17.5 Å². The Kier molecular flexibility index (Phi) is 3.73. The molecule has 3 heterocycles. The number of hydrogen-bond donors (Lipinski definition) is 0. The summed E-state index contributed by atoms with van der Waals surface area (Å²) in [5, 5.41) is 4.50. The monoisotopic (exact) mass is 330 g/mol. The number of halogens is 1. The topological polar surface area (TPSA) is 69.8 Å². The standard InChI is InChI=1S/C13H19ClN4O2S/c1-3-10-12-13(17(2)16-10)18(11(8-14)15-12)9-4-6-21(19,20)7-5-9/h9H,3-8H2,1-2H3. The highest BCUT2D eigenvalue weighted by Crippen LogP contribution is 2.31. The molecule has 1 fully saturated rings. The van der Waals surface area contributed by atoms with Crippen LogP contribution in [0.3, 0.4) is 0 Å². The Balaban J connectivity index is 2.11. The third kappa shape index (κ3) is 2.46. The molecule has 0 amide bonds. The summed E-state index contributed by atoms with van der Waals surface area (Å²) < 4.78 is 27.2. The van der Waals surface area contributed by atoms with Gasteiger partial charge in [-0.15, -0.1) is 11.6 Å². The van der Waals surface area contributed by atoms with Crippen LogP contribution in [0.4, 0.5) is 0 Å². The number of rotatable bonds is 3. The summed E-state index contributed by atoms with van der Waals surface area (Å²) in [5.74, 6) is 1.59. The Bertz CT molecular complexity index is 764. The molecule has 2 aromatic heterocycles. The van der Waals surface area contributed by atoms with E-state index in [9.17, 15) is 8.42 Å². The van der Waals surface area contributed by atoms with E-state index in [0.717, 1.165) is 29.1 Å². The highest BCUT2D eigenvalue weighted by atomic mass is 35.5. The van der Waals surface area contributed by atoms with E-state index in [4.69, 9.17) is 11.6 Å². The van der Waals surface area contributed by atoms with Crippen LogP contribution in [0.25, 0.3) is 11.2 Å². The smallest absolute Gasteiger partial charge is 0.158 e. The van der Waals surface area contributed by atoms with Crippen molar-refractivity contribution >= 4 is 32.6 Å². The van der Waals surface area contributed by atoms with Gasteiger partial charge in [-0.3, -0.25) is 4.68 Å². The van der Waals surface area contributed by atoms with Crippen molar-refractivity contribution in [2.24, 2.45) is 7.05 Å². The van der Waals surface area contributed by atoms with E-state index >= 15 is 0 Å². The molecule has 0 aliphatic carbocycles. The van der Waals surface area contributed by atoms with Gasteiger partial charge in [-0.2, -0.15) is 5.10 Å². The first-order valence-electron chi connectivity index (χ1n) is 7.16. The third-order valence-corrected chi connectivity index (χ3v) is 6.11. The molecule has 0 N–H and O–H groups in total. The van der Waals surface area contributed by atoms with Crippen molar-refractivity contribution in [1.82, 2.24) is 19.3 Å². The average Bonchev–Trinajstić information content (AvgIpc) is 2.97. The normalized spacial score (nSPS) is 19.4. The van der Waals surface area contributed by atoms with Gasteiger partial charge in [-0.05, 0) is 19.3 Å². The first-order valence-corrected chi connectivity index (χ1v) is 9.51. The molecule has 0 spiro atoms. The Labute approximate surface area is 129 Å². The second kappa shape index (κ2) is 5.28. The van der Waals surface area contributed by atoms with Gasteiger partial charge in [0, 0.05) is 13.1 Å². The van der Waals surface area contributed by atoms with Crippen LogP contribution >= 0.6 is 11.6 Å². The molecule has 0 aromatic carbocycles. The van der Waals surface area contributed by atoms with Gasteiger partial charge in [0.15, 0.2) is 5.65 Å². The van der Waals surface area contributed by atoms with E-state index in [1.165, 1.54) is 0 Å². The lowest BCUT2D eigenvalue weighted by atomic mass is 10.1. The molecular formula is C13H19ClN4O2S. The lowest BCUT2D eigenvalue weighted by molar-refractivity contribution is 0.444. The third-order valence-electron chi connectivity index (χ3n) is 4.15. The molecule has 0 saturated carbocycles. The van der Waals surface area contributed by atoms with Crippen LogP contribution < -0.4 is 0 Å². The largest absolute Gasteiger partial charge is 0.309 e. The molecular weight excluding hydrogens is 312 g/mol. The fourth-order valence-corrected chi connectivity index (χ4v) is 4.75. The van der Waals surface area contributed by atoms with Crippen LogP contribution in [-0.2, 0) is 29.2 Å². The first-order chi connectivity index (χ1) is 9.96. The van der Waals surface area contributed by atoms with Gasteiger partial charge in [0.2, 0.25) is 0 Å². The van der Waals surface area contributed by atoms with Crippen LogP contribution in [0, 0.1) is 0 Å². The van der Waals surface area contributed by atoms with Gasteiger partial charge in [-0.1, -0.05) is 6.92 Å². The van der Waals surface area contributed by atoms with Crippen molar-refractivity contribution in [2.45, 2.75) is 38.1 Å². The molecule has 3 rings (SSSR count). The molecule has 1 aliphatic rings. The predicted octanol–water partition coefficient (Wildman–Crippen LogP) is 1.82. The number of sulfone groups is 1. The van der Waals surface area contributed by atoms with Gasteiger partial charge in [0.1, 0.15) is 21.2 Å². The summed E-state index contributed by atoms with van der Waals surface area (Å²) in [6, 6.07) is 0.132. The zero-order chi connectivity index (χ0) is 15.2. The Morgan fingerprint density at radius 1 is 1.33 bits per heavy atom. The molecule has 21 heavy (non-hydrogen) atoms. The van der Waals surface area contributed by atoms with E-state index in [1.807, 2.05) is 18.7 Å². The summed E-state index contributed by atoms with van der Waals surface area (Å²) in [4.78, 5) is 4.63. The quantitative estimate of drug-likeness (QED) is 0.805. The van der Waals surface area contributed by atoms with Gasteiger partial charge in [-0.25, -0.2) is 13.4 Å². The maximum atomic E-state index is 11.6. The Hall–Kier alpha value is -1.08. The summed E-state index contributed by atoms with van der Waals surface area (Å²) in [6.07, 6.45) is 2.05. The lowest BCUT2D eigenvalue weighted by Crippen LogP contribution is -2.26. The van der Waals surface area contributed by atoms with Gasteiger partial charge in [0.25, 0.3) is 0 Å². The Morgan fingerprint density at radius 3 is 2.57 bits per heavy atom. The zero-order valence-corrected chi connectivity index (χ0v) is 13.8. The molecule has 0 unspecified atom stereocenters. The van der Waals surface area contributed by atoms with E-state index in [1.54, 1.807) is 0 Å². The number of imidazole rings is 1. The molecule has 116 valence electrons. The van der Waals surface area contributed by atoms with Gasteiger partial charge >= 0.3 is 0 Å². The summed E-state index contributed by atoms with van der Waals surface area (Å²) >= 11 is 6.05. The number of nitrogens with zero attached hydrogens (tertiary/aromatic N) is 4. The molecule has 1 aliphatic heterocycles. The van der Waals surface area contributed by atoms with Gasteiger partial charge in [0.05, 0.1) is 23.1 Å². The summed E-state index contributed by atoms with van der Waals surface area (Å²) in [6.45, 7) is 2.05. The number of aryl methyl sites for hydroxylation is 2. The zero-order valence-electron chi connectivity index (χ0n) is 12.2. The van der Waals surface area contributed by atoms with Crippen molar-refractivity contribution < 1.29 is 8.42 Å². The molecule has 6 nitrogen and oxygen atoms in total. The maximum Gasteiger partial charge on any atom is 0.158 e. The minimum absolute atomic E-state index is 0.132. The second-order valence-corrected chi connectivity index (χ2v) is 8.08. The summed E-state index contributed by atoms with van der Waals surface area (Å²) in [5.41, 5.74) is 2.80. The Morgan fingerprint density at radius 2 is 2.00 bits per heavy atom. The molecule has 8 heteroatoms. The van der Waals surface area contributed by atoms with Crippen LogP contribution in [0.2, 0.25) is 0 Å². The minimum Gasteiger partial charge on any atom is -0.309 e. The average molecular weight is 331 g/mol. The van der Waals surface area contributed by atoms with Crippen molar-refractivity contribution in [3.63, 3.8) is 0 Å². The number of alkyl halides is 1. The highest BCUT2D eigenvalue weighted by molar-refractivity contribution is 7.91. The maximum absolute atomic E-state index is 11.6. The molecule has 2 aromatic rings. The van der Waals surface area contributed by atoms with Crippen molar-refractivity contribution in [3.8, 4) is 0 Å². The number of aromatic nitrogens is 4. The number of fused-ring (bicyclic) bond motifs is 1. The van der Waals surface area contributed by atoms with Crippen molar-refractivity contribution in [3.05, 3.63) is 11.5 Å². The minimum atomic E-state index is -2.88. The van der Waals surface area contributed by atoms with Crippen molar-refractivity contribution in [2.75, 3.05) is 11.5 Å². The lowest BCUT2D eigenvalue weighted by Gasteiger charge is -2.25. The van der Waals surface area contributed by atoms with Crippen molar-refractivity contribution in [1.29, 1.82) is 0 Å². The molecule has 1 saturated heterocycles. The molecule has 0 bridgehead atoms. The fraction of sp³-hybridized carbons (Fsp3) is 0.692. The highest BCUT2D eigenvalue weighted by Gasteiger charge is 2.29. The van der Waals surface area contributed by atoms with Crippen LogP contribution in [0.5, 0.6) is 0 Å². The van der Waals surface area contributed by atoms with Gasteiger partial charge < -0.3 is 4.57 Å². The SMILES string of the molecule is CCc1nn(C)c2c1nc(CCl)n2C1CCS(=O)(=O)CC1. The summed E-state index contributed by atoms with van der Waals surface area (Å²) in [7, 11) is -0.978. The second-order valence-electron chi connectivity index (χ2n) is 5.51. The van der Waals surface area contributed by atoms with E-state index in [0.29, 0.717) is 18.7 Å². The fourth-order valence-electron chi connectivity index (χ4n) is 3.10. The van der Waals surface area contributed by atoms with E-state index < -0.39 is 9.84 Å². The van der Waals surface area contributed by atoms with Crippen LogP contribution in [0.1, 0.15) is 37.3 Å². The molecule has 0 atom stereocenters. The molecule has 0 radical (unpaired) electrons. The first kappa shape index (κ1) is 14.8.